The maximum Gasteiger partial charge on any atom is 0.00954 e. The van der Waals surface area contributed by atoms with E-state index in [-0.39, 0.29) is 0 Å². The van der Waals surface area contributed by atoms with Gasteiger partial charge in [-0.05, 0) is 24.2 Å². The first kappa shape index (κ1) is 11.0. The van der Waals surface area contributed by atoms with E-state index in [0.717, 1.165) is 5.92 Å². The van der Waals surface area contributed by atoms with E-state index >= 15 is 0 Å². The van der Waals surface area contributed by atoms with E-state index in [9.17, 15) is 0 Å². The molecule has 0 radical (unpaired) electrons. The van der Waals surface area contributed by atoms with Crippen LogP contribution < -0.4 is 5.73 Å². The van der Waals surface area contributed by atoms with Crippen LogP contribution in [0.4, 0.5) is 0 Å². The molecule has 1 fully saturated rings. The van der Waals surface area contributed by atoms with Crippen LogP contribution in [0.5, 0.6) is 0 Å². The van der Waals surface area contributed by atoms with Crippen LogP contribution in [0, 0.1) is 11.3 Å². The Morgan fingerprint density at radius 3 is 2.69 bits per heavy atom. The second-order valence-electron chi connectivity index (χ2n) is 5.05. The lowest BCUT2D eigenvalue weighted by molar-refractivity contribution is 0.169. The Bertz CT molecular complexity index is 155. The molecule has 0 aromatic rings. The second kappa shape index (κ2) is 4.45. The standard InChI is InChI=1S/C12H25N/c1-4-5-7-10(2)12(3)9-6-8-11(12)13/h10-11H,4-9,13H2,1-3H3. The van der Waals surface area contributed by atoms with Crippen molar-refractivity contribution in [3.05, 3.63) is 0 Å². The van der Waals surface area contributed by atoms with Crippen molar-refractivity contribution in [3.8, 4) is 0 Å². The van der Waals surface area contributed by atoms with E-state index in [0.29, 0.717) is 11.5 Å². The molecule has 13 heavy (non-hydrogen) atoms. The molecule has 1 aliphatic carbocycles. The van der Waals surface area contributed by atoms with Crippen LogP contribution in [0.1, 0.15) is 59.3 Å². The molecule has 1 aliphatic rings. The number of unbranched alkanes of at least 4 members (excludes halogenated alkanes) is 1. The molecule has 0 saturated heterocycles. The summed E-state index contributed by atoms with van der Waals surface area (Å²) >= 11 is 0. The summed E-state index contributed by atoms with van der Waals surface area (Å²) in [5, 5.41) is 0. The maximum absolute atomic E-state index is 6.19. The van der Waals surface area contributed by atoms with Crippen LogP contribution in [0.25, 0.3) is 0 Å². The van der Waals surface area contributed by atoms with Crippen molar-refractivity contribution >= 4 is 0 Å². The minimum Gasteiger partial charge on any atom is -0.327 e. The summed E-state index contributed by atoms with van der Waals surface area (Å²) in [6.45, 7) is 7.05. The zero-order chi connectivity index (χ0) is 9.90. The molecular weight excluding hydrogens is 158 g/mol. The fraction of sp³-hybridized carbons (Fsp3) is 1.00. The normalized spacial score (nSPS) is 36.5. The Morgan fingerprint density at radius 1 is 1.54 bits per heavy atom. The molecule has 0 bridgehead atoms. The lowest BCUT2D eigenvalue weighted by atomic mass is 9.72. The van der Waals surface area contributed by atoms with Crippen molar-refractivity contribution in [2.75, 3.05) is 0 Å². The summed E-state index contributed by atoms with van der Waals surface area (Å²) in [6.07, 6.45) is 7.97. The largest absolute Gasteiger partial charge is 0.327 e. The van der Waals surface area contributed by atoms with Crippen molar-refractivity contribution in [1.82, 2.24) is 0 Å². The van der Waals surface area contributed by atoms with Gasteiger partial charge in [0.2, 0.25) is 0 Å². The fourth-order valence-electron chi connectivity index (χ4n) is 2.67. The van der Waals surface area contributed by atoms with Gasteiger partial charge in [-0.2, -0.15) is 0 Å². The molecular formula is C12H25N. The molecule has 0 amide bonds. The predicted molar refractivity (Wildman–Crippen MR) is 58.6 cm³/mol. The summed E-state index contributed by atoms with van der Waals surface area (Å²) in [5.74, 6) is 0.810. The van der Waals surface area contributed by atoms with Crippen molar-refractivity contribution in [3.63, 3.8) is 0 Å². The number of rotatable bonds is 4. The average molecular weight is 183 g/mol. The topological polar surface area (TPSA) is 26.0 Å². The molecule has 0 aliphatic heterocycles. The summed E-state index contributed by atoms with van der Waals surface area (Å²) in [4.78, 5) is 0. The highest BCUT2D eigenvalue weighted by molar-refractivity contribution is 4.94. The van der Waals surface area contributed by atoms with Gasteiger partial charge in [-0.3, -0.25) is 0 Å². The Labute approximate surface area is 83.1 Å². The van der Waals surface area contributed by atoms with E-state index in [1.165, 1.54) is 38.5 Å². The quantitative estimate of drug-likeness (QED) is 0.711. The van der Waals surface area contributed by atoms with Crippen LogP contribution in [-0.2, 0) is 0 Å². The molecule has 0 aromatic heterocycles. The number of nitrogens with two attached hydrogens (primary N) is 1. The van der Waals surface area contributed by atoms with Gasteiger partial charge in [-0.15, -0.1) is 0 Å². The molecule has 1 nitrogen and oxygen atoms in total. The van der Waals surface area contributed by atoms with Crippen LogP contribution in [0.3, 0.4) is 0 Å². The minimum absolute atomic E-state index is 0.440. The van der Waals surface area contributed by atoms with Gasteiger partial charge in [0.15, 0.2) is 0 Å². The van der Waals surface area contributed by atoms with E-state index in [1.54, 1.807) is 0 Å². The van der Waals surface area contributed by atoms with Gasteiger partial charge in [-0.1, -0.05) is 46.5 Å². The maximum atomic E-state index is 6.19. The van der Waals surface area contributed by atoms with Gasteiger partial charge in [0, 0.05) is 6.04 Å². The van der Waals surface area contributed by atoms with Crippen molar-refractivity contribution < 1.29 is 0 Å². The van der Waals surface area contributed by atoms with E-state index < -0.39 is 0 Å². The van der Waals surface area contributed by atoms with Crippen molar-refractivity contribution in [2.24, 2.45) is 17.1 Å². The van der Waals surface area contributed by atoms with Crippen LogP contribution in [0.2, 0.25) is 0 Å². The average Bonchev–Trinajstić information content (AvgIpc) is 2.44. The minimum atomic E-state index is 0.440. The van der Waals surface area contributed by atoms with Gasteiger partial charge >= 0.3 is 0 Å². The summed E-state index contributed by atoms with van der Waals surface area (Å²) in [7, 11) is 0. The molecule has 0 heterocycles. The zero-order valence-corrected chi connectivity index (χ0v) is 9.47. The molecule has 78 valence electrons. The van der Waals surface area contributed by atoms with E-state index in [2.05, 4.69) is 20.8 Å². The summed E-state index contributed by atoms with van der Waals surface area (Å²) in [6, 6.07) is 0.458. The first-order valence-electron chi connectivity index (χ1n) is 5.87. The monoisotopic (exact) mass is 183 g/mol. The Hall–Kier alpha value is -0.0400. The highest BCUT2D eigenvalue weighted by Gasteiger charge is 2.40. The predicted octanol–water partition coefficient (Wildman–Crippen LogP) is 3.33. The molecule has 1 rings (SSSR count). The van der Waals surface area contributed by atoms with Gasteiger partial charge in [0.1, 0.15) is 0 Å². The third-order valence-electron chi connectivity index (χ3n) is 4.19. The molecule has 2 N–H and O–H groups in total. The highest BCUT2D eigenvalue weighted by Crippen LogP contribution is 2.44. The van der Waals surface area contributed by atoms with Gasteiger partial charge in [0.25, 0.3) is 0 Å². The Kier molecular flexibility index (Phi) is 3.78. The number of hydrogen-bond acceptors (Lipinski definition) is 1. The number of hydrogen-bond donors (Lipinski definition) is 1. The first-order chi connectivity index (χ1) is 6.11. The van der Waals surface area contributed by atoms with Gasteiger partial charge < -0.3 is 5.73 Å². The SMILES string of the molecule is CCCCC(C)C1(C)CCCC1N. The lowest BCUT2D eigenvalue weighted by Gasteiger charge is -2.35. The zero-order valence-electron chi connectivity index (χ0n) is 9.47. The first-order valence-corrected chi connectivity index (χ1v) is 5.87. The van der Waals surface area contributed by atoms with Crippen molar-refractivity contribution in [2.45, 2.75) is 65.3 Å². The highest BCUT2D eigenvalue weighted by atomic mass is 14.7. The fourth-order valence-corrected chi connectivity index (χ4v) is 2.67. The van der Waals surface area contributed by atoms with Gasteiger partial charge in [0.05, 0.1) is 0 Å². The van der Waals surface area contributed by atoms with Crippen LogP contribution >= 0.6 is 0 Å². The van der Waals surface area contributed by atoms with E-state index in [1.807, 2.05) is 0 Å². The Morgan fingerprint density at radius 2 is 2.23 bits per heavy atom. The van der Waals surface area contributed by atoms with Gasteiger partial charge in [-0.25, -0.2) is 0 Å². The lowest BCUT2D eigenvalue weighted by Crippen LogP contribution is -2.39. The molecule has 3 atom stereocenters. The third-order valence-corrected chi connectivity index (χ3v) is 4.19. The van der Waals surface area contributed by atoms with Crippen LogP contribution in [0.15, 0.2) is 0 Å². The molecule has 1 heteroatoms. The summed E-state index contributed by atoms with van der Waals surface area (Å²) < 4.78 is 0. The molecule has 3 unspecified atom stereocenters. The van der Waals surface area contributed by atoms with E-state index in [4.69, 9.17) is 5.73 Å². The molecule has 0 spiro atoms. The Balaban J connectivity index is 2.47. The molecule has 1 saturated carbocycles. The molecule has 0 aromatic carbocycles. The smallest absolute Gasteiger partial charge is 0.00954 e. The third kappa shape index (κ3) is 2.25. The second-order valence-corrected chi connectivity index (χ2v) is 5.05. The van der Waals surface area contributed by atoms with Crippen LogP contribution in [-0.4, -0.2) is 6.04 Å². The van der Waals surface area contributed by atoms with Crippen molar-refractivity contribution in [1.29, 1.82) is 0 Å². The summed E-state index contributed by atoms with van der Waals surface area (Å²) in [5.41, 5.74) is 6.63.